The summed E-state index contributed by atoms with van der Waals surface area (Å²) in [6, 6.07) is 3.35. The molecule has 0 atom stereocenters. The van der Waals surface area contributed by atoms with E-state index in [-0.39, 0.29) is 11.5 Å². The number of rotatable bonds is 9. The maximum Gasteiger partial charge on any atom is 0.122 e. The maximum absolute atomic E-state index is 9.76. The molecule has 0 spiro atoms. The average Bonchev–Trinajstić information content (AvgIpc) is 2.38. The zero-order valence-electron chi connectivity index (χ0n) is 12.4. The van der Waals surface area contributed by atoms with Crippen LogP contribution in [0.15, 0.2) is 12.1 Å². The molecule has 0 bridgehead atoms. The van der Waals surface area contributed by atoms with Gasteiger partial charge in [0.25, 0.3) is 0 Å². The van der Waals surface area contributed by atoms with Crippen molar-refractivity contribution in [3.05, 3.63) is 23.3 Å². The Balaban J connectivity index is 2.17. The highest BCUT2D eigenvalue weighted by Gasteiger charge is 2.05. The topological polar surface area (TPSA) is 40.5 Å². The Kier molecular flexibility index (Phi) is 7.39. The van der Waals surface area contributed by atoms with Gasteiger partial charge in [0.1, 0.15) is 11.5 Å². The zero-order valence-corrected chi connectivity index (χ0v) is 12.4. The van der Waals surface area contributed by atoms with Gasteiger partial charge in [-0.3, -0.25) is 0 Å². The van der Waals surface area contributed by atoms with Crippen LogP contribution in [0, 0.1) is 6.92 Å². The molecule has 2 nitrogen and oxygen atoms in total. The summed E-state index contributed by atoms with van der Waals surface area (Å²) in [5, 5.41) is 19.2. The first kappa shape index (κ1) is 15.9. The summed E-state index contributed by atoms with van der Waals surface area (Å²) in [6.45, 7) is 4.11. The summed E-state index contributed by atoms with van der Waals surface area (Å²) in [5.41, 5.74) is 1.80. The molecule has 0 saturated carbocycles. The van der Waals surface area contributed by atoms with Gasteiger partial charge in [0, 0.05) is 6.07 Å². The van der Waals surface area contributed by atoms with E-state index in [1.807, 2.05) is 13.0 Å². The van der Waals surface area contributed by atoms with Crippen LogP contribution in [0.1, 0.15) is 69.4 Å². The molecule has 0 heterocycles. The van der Waals surface area contributed by atoms with E-state index < -0.39 is 0 Å². The Bertz CT molecular complexity index is 372. The summed E-state index contributed by atoms with van der Waals surface area (Å²) in [5.74, 6) is 0.406. The smallest absolute Gasteiger partial charge is 0.122 e. The number of aromatic hydroxyl groups is 2. The van der Waals surface area contributed by atoms with Crippen LogP contribution in [0.25, 0.3) is 0 Å². The van der Waals surface area contributed by atoms with Gasteiger partial charge < -0.3 is 10.2 Å². The van der Waals surface area contributed by atoms with Crippen LogP contribution >= 0.6 is 0 Å². The fourth-order valence-corrected chi connectivity index (χ4v) is 2.39. The molecular formula is C17H28O2. The first-order valence-corrected chi connectivity index (χ1v) is 7.66. The number of aryl methyl sites for hydroxylation is 2. The Morgan fingerprint density at radius 3 is 2.00 bits per heavy atom. The molecule has 108 valence electrons. The molecule has 0 amide bonds. The van der Waals surface area contributed by atoms with Gasteiger partial charge in [-0.15, -0.1) is 0 Å². The zero-order chi connectivity index (χ0) is 14.1. The van der Waals surface area contributed by atoms with Crippen LogP contribution < -0.4 is 0 Å². The summed E-state index contributed by atoms with van der Waals surface area (Å²) < 4.78 is 0. The van der Waals surface area contributed by atoms with Crippen molar-refractivity contribution in [1.29, 1.82) is 0 Å². The predicted octanol–water partition coefficient (Wildman–Crippen LogP) is 5.09. The molecule has 1 aromatic carbocycles. The summed E-state index contributed by atoms with van der Waals surface area (Å²) in [7, 11) is 0. The standard InChI is InChI=1S/C17H28O2/c1-3-4-5-6-7-8-9-10-11-15-12-14(2)16(18)13-17(15)19/h12-13,18-19H,3-11H2,1-2H3. The van der Waals surface area contributed by atoms with Crippen molar-refractivity contribution >= 4 is 0 Å². The molecule has 0 aromatic heterocycles. The van der Waals surface area contributed by atoms with E-state index in [0.717, 1.165) is 24.0 Å². The normalized spacial score (nSPS) is 10.8. The number of benzene rings is 1. The first-order valence-electron chi connectivity index (χ1n) is 7.66. The molecule has 1 aromatic rings. The van der Waals surface area contributed by atoms with E-state index >= 15 is 0 Å². The van der Waals surface area contributed by atoms with Gasteiger partial charge in [-0.05, 0) is 37.0 Å². The largest absolute Gasteiger partial charge is 0.508 e. The minimum Gasteiger partial charge on any atom is -0.508 e. The van der Waals surface area contributed by atoms with Crippen LogP contribution in [-0.2, 0) is 6.42 Å². The van der Waals surface area contributed by atoms with Crippen molar-refractivity contribution in [3.63, 3.8) is 0 Å². The van der Waals surface area contributed by atoms with E-state index in [4.69, 9.17) is 0 Å². The molecule has 0 aliphatic heterocycles. The Hall–Kier alpha value is -1.18. The first-order chi connectivity index (χ1) is 9.15. The van der Waals surface area contributed by atoms with Crippen LogP contribution in [-0.4, -0.2) is 10.2 Å². The number of phenolic OH excluding ortho intramolecular Hbond substituents is 2. The van der Waals surface area contributed by atoms with E-state index in [1.165, 1.54) is 51.0 Å². The van der Waals surface area contributed by atoms with Gasteiger partial charge in [0.15, 0.2) is 0 Å². The molecule has 0 aliphatic rings. The minimum atomic E-state index is 0.178. The van der Waals surface area contributed by atoms with Crippen molar-refractivity contribution in [2.45, 2.75) is 71.6 Å². The second kappa shape index (κ2) is 8.84. The van der Waals surface area contributed by atoms with Gasteiger partial charge in [0.2, 0.25) is 0 Å². The molecule has 0 fully saturated rings. The van der Waals surface area contributed by atoms with E-state index in [0.29, 0.717) is 0 Å². The third-order valence-electron chi connectivity index (χ3n) is 3.70. The highest BCUT2D eigenvalue weighted by atomic mass is 16.3. The second-order valence-electron chi connectivity index (χ2n) is 5.49. The van der Waals surface area contributed by atoms with Crippen LogP contribution in [0.4, 0.5) is 0 Å². The summed E-state index contributed by atoms with van der Waals surface area (Å²) in [4.78, 5) is 0. The van der Waals surface area contributed by atoms with Gasteiger partial charge in [-0.1, -0.05) is 51.9 Å². The fraction of sp³-hybridized carbons (Fsp3) is 0.647. The Morgan fingerprint density at radius 2 is 1.37 bits per heavy atom. The SMILES string of the molecule is CCCCCCCCCCc1cc(C)c(O)cc1O. The molecule has 19 heavy (non-hydrogen) atoms. The molecule has 0 saturated heterocycles. The third kappa shape index (κ3) is 6.00. The van der Waals surface area contributed by atoms with Gasteiger partial charge >= 0.3 is 0 Å². The number of phenols is 2. The highest BCUT2D eigenvalue weighted by Crippen LogP contribution is 2.28. The lowest BCUT2D eigenvalue weighted by molar-refractivity contribution is 0.442. The second-order valence-corrected chi connectivity index (χ2v) is 5.49. The third-order valence-corrected chi connectivity index (χ3v) is 3.70. The van der Waals surface area contributed by atoms with Gasteiger partial charge in [-0.25, -0.2) is 0 Å². The van der Waals surface area contributed by atoms with Crippen LogP contribution in [0.5, 0.6) is 11.5 Å². The monoisotopic (exact) mass is 264 g/mol. The maximum atomic E-state index is 9.76. The lowest BCUT2D eigenvalue weighted by Gasteiger charge is -2.07. The molecule has 0 aliphatic carbocycles. The number of hydrogen-bond acceptors (Lipinski definition) is 2. The van der Waals surface area contributed by atoms with Crippen molar-refractivity contribution in [2.75, 3.05) is 0 Å². The predicted molar refractivity (Wildman–Crippen MR) is 80.8 cm³/mol. The molecular weight excluding hydrogens is 236 g/mol. The lowest BCUT2D eigenvalue weighted by atomic mass is 10.0. The van der Waals surface area contributed by atoms with E-state index in [9.17, 15) is 10.2 Å². The van der Waals surface area contributed by atoms with Gasteiger partial charge in [0.05, 0.1) is 0 Å². The lowest BCUT2D eigenvalue weighted by Crippen LogP contribution is -1.89. The number of unbranched alkanes of at least 4 members (excludes halogenated alkanes) is 7. The van der Waals surface area contributed by atoms with Crippen molar-refractivity contribution < 1.29 is 10.2 Å². The van der Waals surface area contributed by atoms with Crippen LogP contribution in [0.3, 0.4) is 0 Å². The quantitative estimate of drug-likeness (QED) is 0.610. The summed E-state index contributed by atoms with van der Waals surface area (Å²) in [6.07, 6.45) is 11.3. The van der Waals surface area contributed by atoms with Gasteiger partial charge in [-0.2, -0.15) is 0 Å². The van der Waals surface area contributed by atoms with Crippen molar-refractivity contribution in [1.82, 2.24) is 0 Å². The minimum absolute atomic E-state index is 0.178. The molecule has 0 unspecified atom stereocenters. The van der Waals surface area contributed by atoms with Crippen molar-refractivity contribution in [2.24, 2.45) is 0 Å². The van der Waals surface area contributed by atoms with Crippen LogP contribution in [0.2, 0.25) is 0 Å². The molecule has 1 rings (SSSR count). The van der Waals surface area contributed by atoms with Crippen molar-refractivity contribution in [3.8, 4) is 11.5 Å². The molecule has 2 heteroatoms. The molecule has 0 radical (unpaired) electrons. The van der Waals surface area contributed by atoms with E-state index in [1.54, 1.807) is 0 Å². The van der Waals surface area contributed by atoms with E-state index in [2.05, 4.69) is 6.92 Å². The summed E-state index contributed by atoms with van der Waals surface area (Å²) >= 11 is 0. The number of hydrogen-bond donors (Lipinski definition) is 2. The Morgan fingerprint density at radius 1 is 0.789 bits per heavy atom. The highest BCUT2D eigenvalue weighted by molar-refractivity contribution is 5.44. The fourth-order valence-electron chi connectivity index (χ4n) is 2.39. The average molecular weight is 264 g/mol. The Labute approximate surface area is 117 Å². The molecule has 2 N–H and O–H groups in total.